The second-order valence-electron chi connectivity index (χ2n) is 6.24. The third kappa shape index (κ3) is 4.06. The van der Waals surface area contributed by atoms with E-state index in [0.717, 1.165) is 12.0 Å². The highest BCUT2D eigenvalue weighted by atomic mass is 79.9. The zero-order valence-corrected chi connectivity index (χ0v) is 15.0. The number of hydrogen-bond donors (Lipinski definition) is 1. The van der Waals surface area contributed by atoms with Crippen LogP contribution in [0.4, 0.5) is 0 Å². The molecule has 1 atom stereocenters. The molecule has 0 spiro atoms. The van der Waals surface area contributed by atoms with Crippen LogP contribution in [0.2, 0.25) is 0 Å². The molecule has 2 rings (SSSR count). The maximum absolute atomic E-state index is 6.15. The van der Waals surface area contributed by atoms with Crippen LogP contribution in [0.3, 0.4) is 0 Å². The van der Waals surface area contributed by atoms with E-state index in [4.69, 9.17) is 5.73 Å². The van der Waals surface area contributed by atoms with Crippen LogP contribution in [0.1, 0.15) is 56.9 Å². The number of nitrogens with two attached hydrogens (primary N) is 1. The van der Waals surface area contributed by atoms with E-state index < -0.39 is 0 Å². The first-order valence-corrected chi connectivity index (χ1v) is 9.49. The molecule has 4 heteroatoms. The minimum atomic E-state index is 0.381. The van der Waals surface area contributed by atoms with Gasteiger partial charge < -0.3 is 5.73 Å². The monoisotopic (exact) mass is 358 g/mol. The average Bonchev–Trinajstić information content (AvgIpc) is 3.06. The molecule has 1 aromatic heterocycles. The van der Waals surface area contributed by atoms with Gasteiger partial charge in [-0.1, -0.05) is 26.7 Å². The fourth-order valence-corrected chi connectivity index (χ4v) is 4.94. The first-order chi connectivity index (χ1) is 9.63. The molecule has 0 aliphatic heterocycles. The Hall–Kier alpha value is 0.100. The summed E-state index contributed by atoms with van der Waals surface area (Å²) in [5, 5.41) is 2.16. The van der Waals surface area contributed by atoms with Crippen molar-refractivity contribution < 1.29 is 0 Å². The summed E-state index contributed by atoms with van der Waals surface area (Å²) in [7, 11) is 0. The fourth-order valence-electron chi connectivity index (χ4n) is 3.17. The van der Waals surface area contributed by atoms with Crippen LogP contribution in [-0.2, 0) is 0 Å². The summed E-state index contributed by atoms with van der Waals surface area (Å²) < 4.78 is 1.23. The largest absolute Gasteiger partial charge is 0.329 e. The third-order valence-electron chi connectivity index (χ3n) is 4.33. The van der Waals surface area contributed by atoms with Gasteiger partial charge in [0.1, 0.15) is 0 Å². The molecule has 1 aliphatic rings. The summed E-state index contributed by atoms with van der Waals surface area (Å²) in [6.45, 7) is 6.51. The van der Waals surface area contributed by atoms with Crippen molar-refractivity contribution in [2.45, 2.75) is 58.0 Å². The predicted octanol–water partition coefficient (Wildman–Crippen LogP) is 4.80. The Morgan fingerprint density at radius 3 is 2.60 bits per heavy atom. The van der Waals surface area contributed by atoms with Gasteiger partial charge in [0, 0.05) is 21.9 Å². The second-order valence-corrected chi connectivity index (χ2v) is 8.04. The molecule has 1 unspecified atom stereocenters. The molecule has 1 fully saturated rings. The summed E-state index contributed by atoms with van der Waals surface area (Å²) in [5.41, 5.74) is 6.15. The molecule has 20 heavy (non-hydrogen) atoms. The molecule has 1 aliphatic carbocycles. The van der Waals surface area contributed by atoms with Crippen molar-refractivity contribution in [2.75, 3.05) is 13.1 Å². The van der Waals surface area contributed by atoms with Crippen molar-refractivity contribution in [1.29, 1.82) is 0 Å². The summed E-state index contributed by atoms with van der Waals surface area (Å²) in [6.07, 6.45) is 6.71. The minimum absolute atomic E-state index is 0.381. The van der Waals surface area contributed by atoms with E-state index in [1.54, 1.807) is 0 Å². The van der Waals surface area contributed by atoms with Crippen LogP contribution < -0.4 is 5.73 Å². The van der Waals surface area contributed by atoms with Gasteiger partial charge in [0.25, 0.3) is 0 Å². The van der Waals surface area contributed by atoms with Gasteiger partial charge in [-0.05, 0) is 59.1 Å². The highest BCUT2D eigenvalue weighted by Crippen LogP contribution is 2.36. The van der Waals surface area contributed by atoms with Gasteiger partial charge in [0.05, 0.1) is 6.04 Å². The lowest BCUT2D eigenvalue weighted by Crippen LogP contribution is -2.41. The topological polar surface area (TPSA) is 29.3 Å². The predicted molar refractivity (Wildman–Crippen MR) is 92.2 cm³/mol. The zero-order valence-electron chi connectivity index (χ0n) is 12.6. The van der Waals surface area contributed by atoms with Gasteiger partial charge in [0.15, 0.2) is 0 Å². The van der Waals surface area contributed by atoms with Crippen molar-refractivity contribution in [3.05, 3.63) is 20.8 Å². The molecule has 1 saturated carbocycles. The van der Waals surface area contributed by atoms with E-state index >= 15 is 0 Å². The van der Waals surface area contributed by atoms with Gasteiger partial charge in [-0.25, -0.2) is 0 Å². The standard InChI is InChI=1S/C16H27BrN2S/c1-12(2)7-9-19(13-5-3-4-6-13)15(11-18)16-14(17)8-10-20-16/h8,10,12-13,15H,3-7,9,11,18H2,1-2H3. The Morgan fingerprint density at radius 2 is 2.10 bits per heavy atom. The zero-order chi connectivity index (χ0) is 14.5. The van der Waals surface area contributed by atoms with E-state index in [9.17, 15) is 0 Å². The van der Waals surface area contributed by atoms with E-state index in [0.29, 0.717) is 12.6 Å². The molecule has 1 heterocycles. The van der Waals surface area contributed by atoms with E-state index in [2.05, 4.69) is 46.1 Å². The number of hydrogen-bond acceptors (Lipinski definition) is 3. The summed E-state index contributed by atoms with van der Waals surface area (Å²) >= 11 is 5.53. The molecule has 0 aromatic carbocycles. The van der Waals surface area contributed by atoms with Crippen molar-refractivity contribution in [3.63, 3.8) is 0 Å². The molecule has 0 radical (unpaired) electrons. The molecule has 0 bridgehead atoms. The molecule has 1 aromatic rings. The van der Waals surface area contributed by atoms with Crippen LogP contribution in [0.25, 0.3) is 0 Å². The lowest BCUT2D eigenvalue weighted by molar-refractivity contribution is 0.132. The van der Waals surface area contributed by atoms with Crippen molar-refractivity contribution in [2.24, 2.45) is 11.7 Å². The molecular weight excluding hydrogens is 332 g/mol. The molecule has 2 N–H and O–H groups in total. The van der Waals surface area contributed by atoms with Crippen molar-refractivity contribution >= 4 is 27.3 Å². The molecule has 114 valence electrons. The Kier molecular flexibility index (Phi) is 6.53. The first kappa shape index (κ1) is 16.5. The Morgan fingerprint density at radius 1 is 1.40 bits per heavy atom. The SMILES string of the molecule is CC(C)CCN(C1CCCC1)C(CN)c1sccc1Br. The molecular formula is C16H27BrN2S. The minimum Gasteiger partial charge on any atom is -0.329 e. The highest BCUT2D eigenvalue weighted by molar-refractivity contribution is 9.10. The van der Waals surface area contributed by atoms with Crippen LogP contribution in [0.5, 0.6) is 0 Å². The molecule has 0 saturated heterocycles. The van der Waals surface area contributed by atoms with Crippen LogP contribution in [0.15, 0.2) is 15.9 Å². The number of nitrogens with zero attached hydrogens (tertiary/aromatic N) is 1. The maximum Gasteiger partial charge on any atom is 0.0578 e. The van der Waals surface area contributed by atoms with E-state index in [1.165, 1.54) is 48.0 Å². The maximum atomic E-state index is 6.15. The van der Waals surface area contributed by atoms with Crippen molar-refractivity contribution in [1.82, 2.24) is 4.90 Å². The van der Waals surface area contributed by atoms with Crippen LogP contribution >= 0.6 is 27.3 Å². The van der Waals surface area contributed by atoms with E-state index in [-0.39, 0.29) is 0 Å². The normalized spacial score (nSPS) is 18.3. The Balaban J connectivity index is 2.16. The number of thiophene rings is 1. The average molecular weight is 359 g/mol. The van der Waals surface area contributed by atoms with Gasteiger partial charge in [-0.15, -0.1) is 11.3 Å². The summed E-state index contributed by atoms with van der Waals surface area (Å²) in [6, 6.07) is 3.26. The van der Waals surface area contributed by atoms with Gasteiger partial charge in [0.2, 0.25) is 0 Å². The smallest absolute Gasteiger partial charge is 0.0578 e. The van der Waals surface area contributed by atoms with Crippen molar-refractivity contribution in [3.8, 4) is 0 Å². The van der Waals surface area contributed by atoms with Gasteiger partial charge >= 0.3 is 0 Å². The first-order valence-electron chi connectivity index (χ1n) is 7.82. The number of rotatable bonds is 7. The highest BCUT2D eigenvalue weighted by Gasteiger charge is 2.30. The summed E-state index contributed by atoms with van der Waals surface area (Å²) in [4.78, 5) is 4.10. The summed E-state index contributed by atoms with van der Waals surface area (Å²) in [5.74, 6) is 0.754. The Labute approximate surface area is 135 Å². The quantitative estimate of drug-likeness (QED) is 0.758. The third-order valence-corrected chi connectivity index (χ3v) is 6.30. The molecule has 2 nitrogen and oxygen atoms in total. The fraction of sp³-hybridized carbons (Fsp3) is 0.750. The van der Waals surface area contributed by atoms with Gasteiger partial charge in [-0.2, -0.15) is 0 Å². The Bertz CT molecular complexity index is 399. The molecule has 0 amide bonds. The lowest BCUT2D eigenvalue weighted by atomic mass is 10.1. The lowest BCUT2D eigenvalue weighted by Gasteiger charge is -2.36. The number of halogens is 1. The van der Waals surface area contributed by atoms with Gasteiger partial charge in [-0.3, -0.25) is 4.90 Å². The second kappa shape index (κ2) is 7.92. The van der Waals surface area contributed by atoms with Crippen LogP contribution in [-0.4, -0.2) is 24.0 Å². The van der Waals surface area contributed by atoms with E-state index in [1.807, 2.05) is 11.3 Å². The van der Waals surface area contributed by atoms with Crippen LogP contribution in [0, 0.1) is 5.92 Å².